The molecule has 5 heteroatoms. The number of hydrogen-bond donors (Lipinski definition) is 2. The monoisotopic (exact) mass is 336 g/mol. The minimum atomic E-state index is -0.297. The van der Waals surface area contributed by atoms with Crippen LogP contribution in [0.2, 0.25) is 0 Å². The molecule has 0 saturated heterocycles. The van der Waals surface area contributed by atoms with Gasteiger partial charge in [-0.2, -0.15) is 0 Å². The molecule has 0 radical (unpaired) electrons. The lowest BCUT2D eigenvalue weighted by Crippen LogP contribution is -2.27. The third-order valence-corrected chi connectivity index (χ3v) is 4.00. The van der Waals surface area contributed by atoms with Crippen molar-refractivity contribution in [3.8, 4) is 11.5 Å². The number of para-hydroxylation sites is 3. The fourth-order valence-corrected chi connectivity index (χ4v) is 2.58. The highest BCUT2D eigenvalue weighted by Crippen LogP contribution is 2.40. The van der Waals surface area contributed by atoms with Gasteiger partial charge in [0.25, 0.3) is 0 Å². The summed E-state index contributed by atoms with van der Waals surface area (Å²) in [5.41, 5.74) is 0.591. The van der Waals surface area contributed by atoms with Crippen LogP contribution < -0.4 is 15.4 Å². The van der Waals surface area contributed by atoms with Crippen LogP contribution in [0, 0.1) is 11.8 Å². The van der Waals surface area contributed by atoms with Crippen molar-refractivity contribution in [3.63, 3.8) is 0 Å². The van der Waals surface area contributed by atoms with Gasteiger partial charge in [-0.05, 0) is 30.7 Å². The quantitative estimate of drug-likeness (QED) is 0.762. The van der Waals surface area contributed by atoms with Crippen molar-refractivity contribution in [2.24, 2.45) is 11.8 Å². The summed E-state index contributed by atoms with van der Waals surface area (Å²) < 4.78 is 5.83. The molecule has 1 saturated carbocycles. The zero-order valence-corrected chi connectivity index (χ0v) is 13.8. The zero-order valence-electron chi connectivity index (χ0n) is 13.8. The van der Waals surface area contributed by atoms with Crippen LogP contribution in [0.25, 0.3) is 0 Å². The van der Waals surface area contributed by atoms with E-state index in [4.69, 9.17) is 4.74 Å². The number of amides is 2. The molecule has 2 unspecified atom stereocenters. The molecule has 128 valence electrons. The van der Waals surface area contributed by atoms with Gasteiger partial charge < -0.3 is 15.4 Å². The molecule has 2 atom stereocenters. The zero-order chi connectivity index (χ0) is 17.6. The first-order valence-corrected chi connectivity index (χ1v) is 8.20. The van der Waals surface area contributed by atoms with E-state index in [-0.39, 0.29) is 23.7 Å². The molecule has 0 spiro atoms. The van der Waals surface area contributed by atoms with E-state index in [0.717, 1.165) is 0 Å². The van der Waals surface area contributed by atoms with Crippen molar-refractivity contribution in [3.05, 3.63) is 67.3 Å². The summed E-state index contributed by atoms with van der Waals surface area (Å²) in [7, 11) is 0. The Morgan fingerprint density at radius 2 is 1.72 bits per heavy atom. The van der Waals surface area contributed by atoms with Crippen molar-refractivity contribution in [1.82, 2.24) is 5.32 Å². The first kappa shape index (κ1) is 16.8. The summed E-state index contributed by atoms with van der Waals surface area (Å²) >= 11 is 0. The Kier molecular flexibility index (Phi) is 5.14. The predicted molar refractivity (Wildman–Crippen MR) is 96.4 cm³/mol. The maximum absolute atomic E-state index is 12.4. The molecule has 0 aliphatic heterocycles. The number of carbonyl (C=O) groups is 2. The Bertz CT molecular complexity index is 774. The Balaban J connectivity index is 1.63. The van der Waals surface area contributed by atoms with E-state index in [1.807, 2.05) is 42.5 Å². The molecule has 25 heavy (non-hydrogen) atoms. The van der Waals surface area contributed by atoms with Crippen LogP contribution in [-0.4, -0.2) is 18.4 Å². The summed E-state index contributed by atoms with van der Waals surface area (Å²) in [5.74, 6) is 0.432. The fourth-order valence-electron chi connectivity index (χ4n) is 2.58. The van der Waals surface area contributed by atoms with Crippen molar-refractivity contribution < 1.29 is 14.3 Å². The van der Waals surface area contributed by atoms with Gasteiger partial charge in [-0.3, -0.25) is 9.59 Å². The highest BCUT2D eigenvalue weighted by atomic mass is 16.5. The lowest BCUT2D eigenvalue weighted by molar-refractivity contribution is -0.125. The van der Waals surface area contributed by atoms with Gasteiger partial charge in [0.15, 0.2) is 5.75 Å². The Morgan fingerprint density at radius 1 is 1.04 bits per heavy atom. The molecular weight excluding hydrogens is 316 g/mol. The molecular formula is C20H20N2O3. The van der Waals surface area contributed by atoms with Gasteiger partial charge in [0.05, 0.1) is 17.5 Å². The lowest BCUT2D eigenvalue weighted by Gasteiger charge is -2.12. The van der Waals surface area contributed by atoms with Crippen LogP contribution in [0.3, 0.4) is 0 Å². The predicted octanol–water partition coefficient (Wildman–Crippen LogP) is 3.36. The van der Waals surface area contributed by atoms with E-state index in [0.29, 0.717) is 30.2 Å². The molecule has 2 aromatic carbocycles. The van der Waals surface area contributed by atoms with Gasteiger partial charge >= 0.3 is 0 Å². The average Bonchev–Trinajstić information content (AvgIpc) is 3.43. The summed E-state index contributed by atoms with van der Waals surface area (Å²) in [4.78, 5) is 24.3. The van der Waals surface area contributed by atoms with E-state index in [1.54, 1.807) is 18.2 Å². The summed E-state index contributed by atoms with van der Waals surface area (Å²) in [6.07, 6.45) is 2.18. The number of anilines is 1. The molecule has 2 N–H and O–H groups in total. The van der Waals surface area contributed by atoms with E-state index >= 15 is 0 Å². The average molecular weight is 336 g/mol. The Labute approximate surface area is 146 Å². The second-order valence-corrected chi connectivity index (χ2v) is 5.88. The SMILES string of the molecule is C=CCNC(=O)C1CC1C(=O)Nc1ccccc1Oc1ccccc1. The number of nitrogens with one attached hydrogen (secondary N) is 2. The van der Waals surface area contributed by atoms with E-state index in [2.05, 4.69) is 17.2 Å². The molecule has 2 amide bonds. The minimum absolute atomic E-state index is 0.103. The van der Waals surface area contributed by atoms with E-state index in [9.17, 15) is 9.59 Å². The van der Waals surface area contributed by atoms with Crippen LogP contribution in [0.4, 0.5) is 5.69 Å². The highest BCUT2D eigenvalue weighted by molar-refractivity contribution is 6.00. The van der Waals surface area contributed by atoms with Crippen LogP contribution in [0.5, 0.6) is 11.5 Å². The van der Waals surface area contributed by atoms with Gasteiger partial charge in [-0.25, -0.2) is 0 Å². The minimum Gasteiger partial charge on any atom is -0.455 e. The first-order valence-electron chi connectivity index (χ1n) is 8.20. The van der Waals surface area contributed by atoms with Crippen LogP contribution >= 0.6 is 0 Å². The van der Waals surface area contributed by atoms with Crippen molar-refractivity contribution in [1.29, 1.82) is 0 Å². The van der Waals surface area contributed by atoms with Crippen LogP contribution in [0.1, 0.15) is 6.42 Å². The molecule has 0 bridgehead atoms. The van der Waals surface area contributed by atoms with Gasteiger partial charge in [0.1, 0.15) is 5.75 Å². The molecule has 0 heterocycles. The van der Waals surface area contributed by atoms with Gasteiger partial charge in [0, 0.05) is 6.54 Å². The first-order chi connectivity index (χ1) is 12.2. The number of carbonyl (C=O) groups excluding carboxylic acids is 2. The molecule has 1 fully saturated rings. The molecule has 5 nitrogen and oxygen atoms in total. The molecule has 1 aliphatic carbocycles. The van der Waals surface area contributed by atoms with E-state index < -0.39 is 0 Å². The molecule has 2 aromatic rings. The topological polar surface area (TPSA) is 67.4 Å². The normalized spacial score (nSPS) is 18.1. The van der Waals surface area contributed by atoms with Crippen molar-refractivity contribution in [2.75, 3.05) is 11.9 Å². The number of hydrogen-bond acceptors (Lipinski definition) is 3. The second-order valence-electron chi connectivity index (χ2n) is 5.88. The third-order valence-electron chi connectivity index (χ3n) is 4.00. The van der Waals surface area contributed by atoms with E-state index in [1.165, 1.54) is 0 Å². The summed E-state index contributed by atoms with van der Waals surface area (Å²) in [6.45, 7) is 3.97. The summed E-state index contributed by atoms with van der Waals surface area (Å²) in [6, 6.07) is 16.6. The van der Waals surface area contributed by atoms with Gasteiger partial charge in [0.2, 0.25) is 11.8 Å². The molecule has 1 aliphatic rings. The molecule has 0 aromatic heterocycles. The molecule has 3 rings (SSSR count). The third kappa shape index (κ3) is 4.26. The van der Waals surface area contributed by atoms with Gasteiger partial charge in [-0.15, -0.1) is 6.58 Å². The number of rotatable bonds is 7. The second kappa shape index (κ2) is 7.66. The van der Waals surface area contributed by atoms with Crippen molar-refractivity contribution >= 4 is 17.5 Å². The standard InChI is InChI=1S/C20H20N2O3/c1-2-12-21-19(23)15-13-16(15)20(24)22-17-10-6-7-11-18(17)25-14-8-4-3-5-9-14/h2-11,15-16H,1,12-13H2,(H,21,23)(H,22,24). The fraction of sp³-hybridized carbons (Fsp3) is 0.200. The maximum Gasteiger partial charge on any atom is 0.228 e. The Hall–Kier alpha value is -3.08. The highest BCUT2D eigenvalue weighted by Gasteiger charge is 2.47. The lowest BCUT2D eigenvalue weighted by atomic mass is 10.2. The number of ether oxygens (including phenoxy) is 1. The maximum atomic E-state index is 12.4. The summed E-state index contributed by atoms with van der Waals surface area (Å²) in [5, 5.41) is 5.59. The van der Waals surface area contributed by atoms with Crippen molar-refractivity contribution in [2.45, 2.75) is 6.42 Å². The number of benzene rings is 2. The van der Waals surface area contributed by atoms with Gasteiger partial charge in [-0.1, -0.05) is 36.4 Å². The largest absolute Gasteiger partial charge is 0.455 e. The van der Waals surface area contributed by atoms with Crippen LogP contribution in [0.15, 0.2) is 67.3 Å². The van der Waals surface area contributed by atoms with Crippen LogP contribution in [-0.2, 0) is 9.59 Å². The smallest absolute Gasteiger partial charge is 0.228 e. The Morgan fingerprint density at radius 3 is 2.48 bits per heavy atom.